The SMILES string of the molecule is CCC(/C=C1\Oc2ccc(-c3ccccc3)cc2N1CCS(=O)(=O)[O-])=C\c1sc2cc(C)c(C)cc2[n+]1CCCCS(=O)(=O)[O-]. The van der Waals surface area contributed by atoms with Crippen LogP contribution in [0.5, 0.6) is 5.75 Å². The van der Waals surface area contributed by atoms with E-state index in [-0.39, 0.29) is 13.0 Å². The van der Waals surface area contributed by atoms with Crippen molar-refractivity contribution in [3.8, 4) is 16.9 Å². The summed E-state index contributed by atoms with van der Waals surface area (Å²) in [5, 5.41) is 0.948. The summed E-state index contributed by atoms with van der Waals surface area (Å²) in [7, 11) is -8.76. The van der Waals surface area contributed by atoms with Gasteiger partial charge < -0.3 is 18.7 Å². The molecule has 0 amide bonds. The van der Waals surface area contributed by atoms with E-state index in [1.54, 1.807) is 16.2 Å². The first-order chi connectivity index (χ1) is 21.3. The van der Waals surface area contributed by atoms with E-state index in [2.05, 4.69) is 29.7 Å². The number of aryl methyl sites for hydroxylation is 3. The molecule has 0 bridgehead atoms. The minimum Gasteiger partial charge on any atom is -0.748 e. The van der Waals surface area contributed by atoms with Crippen LogP contribution in [-0.2, 0) is 26.8 Å². The number of ether oxygens (including phenoxy) is 1. The van der Waals surface area contributed by atoms with Crippen molar-refractivity contribution in [2.45, 2.75) is 46.6 Å². The fourth-order valence-corrected chi connectivity index (χ4v) is 7.46. The molecule has 5 rings (SSSR count). The van der Waals surface area contributed by atoms with Crippen molar-refractivity contribution in [3.05, 3.63) is 94.3 Å². The minimum absolute atomic E-state index is 0.0655. The molecule has 0 N–H and O–H groups in total. The third-order valence-electron chi connectivity index (χ3n) is 7.80. The molecule has 3 aromatic carbocycles. The summed E-state index contributed by atoms with van der Waals surface area (Å²) in [6, 6.07) is 19.8. The summed E-state index contributed by atoms with van der Waals surface area (Å²) in [5.41, 5.74) is 6.85. The molecular formula is C33H35N2O7S3-. The molecule has 1 aromatic heterocycles. The van der Waals surface area contributed by atoms with Crippen molar-refractivity contribution in [1.29, 1.82) is 0 Å². The highest BCUT2D eigenvalue weighted by atomic mass is 32.2. The number of fused-ring (bicyclic) bond motifs is 2. The average molecular weight is 668 g/mol. The van der Waals surface area contributed by atoms with Crippen LogP contribution in [0.15, 0.2) is 78.2 Å². The van der Waals surface area contributed by atoms with Crippen molar-refractivity contribution in [2.75, 3.05) is 23.0 Å². The van der Waals surface area contributed by atoms with Gasteiger partial charge in [-0.25, -0.2) is 16.8 Å². The maximum atomic E-state index is 11.6. The van der Waals surface area contributed by atoms with Gasteiger partial charge in [0.25, 0.3) is 5.01 Å². The van der Waals surface area contributed by atoms with E-state index in [4.69, 9.17) is 4.74 Å². The van der Waals surface area contributed by atoms with E-state index in [1.807, 2.05) is 68.5 Å². The molecule has 0 saturated carbocycles. The quantitative estimate of drug-likeness (QED) is 0.104. The number of hydrogen-bond donors (Lipinski definition) is 0. The Morgan fingerprint density at radius 1 is 0.911 bits per heavy atom. The van der Waals surface area contributed by atoms with Crippen molar-refractivity contribution in [3.63, 3.8) is 0 Å². The van der Waals surface area contributed by atoms with Crippen LogP contribution in [0.2, 0.25) is 0 Å². The van der Waals surface area contributed by atoms with Gasteiger partial charge in [-0.05, 0) is 72.7 Å². The van der Waals surface area contributed by atoms with Crippen LogP contribution in [0.4, 0.5) is 5.69 Å². The number of hydrogen-bond acceptors (Lipinski definition) is 9. The van der Waals surface area contributed by atoms with Gasteiger partial charge in [-0.2, -0.15) is 4.57 Å². The number of thiazole rings is 1. The number of aromatic nitrogens is 1. The van der Waals surface area contributed by atoms with Gasteiger partial charge in [0.2, 0.25) is 11.4 Å². The maximum absolute atomic E-state index is 11.6. The largest absolute Gasteiger partial charge is 0.748 e. The van der Waals surface area contributed by atoms with Crippen LogP contribution >= 0.6 is 11.3 Å². The van der Waals surface area contributed by atoms with Gasteiger partial charge in [0.05, 0.1) is 31.7 Å². The Kier molecular flexibility index (Phi) is 9.80. The lowest BCUT2D eigenvalue weighted by Crippen LogP contribution is -2.35. The molecule has 0 radical (unpaired) electrons. The molecule has 4 aromatic rings. The summed E-state index contributed by atoms with van der Waals surface area (Å²) in [6.45, 7) is 6.59. The Hall–Kier alpha value is -3.55. The molecule has 0 saturated heterocycles. The van der Waals surface area contributed by atoms with E-state index in [0.717, 1.165) is 43.1 Å². The number of anilines is 1. The number of unbranched alkanes of at least 4 members (excludes halogenated alkanes) is 1. The lowest BCUT2D eigenvalue weighted by molar-refractivity contribution is -0.669. The van der Waals surface area contributed by atoms with Crippen LogP contribution in [0.1, 0.15) is 42.3 Å². The Morgan fingerprint density at radius 2 is 1.62 bits per heavy atom. The van der Waals surface area contributed by atoms with Crippen molar-refractivity contribution < 1.29 is 35.2 Å². The fraction of sp³-hybridized carbons (Fsp3) is 0.303. The van der Waals surface area contributed by atoms with Crippen LogP contribution in [-0.4, -0.2) is 44.0 Å². The topological polar surface area (TPSA) is 131 Å². The first-order valence-corrected chi connectivity index (χ1v) is 18.7. The fourth-order valence-electron chi connectivity index (χ4n) is 5.26. The first kappa shape index (κ1) is 32.8. The van der Waals surface area contributed by atoms with Crippen molar-refractivity contribution >= 4 is 53.6 Å². The zero-order chi connectivity index (χ0) is 32.4. The zero-order valence-corrected chi connectivity index (χ0v) is 27.8. The third kappa shape index (κ3) is 8.19. The van der Waals surface area contributed by atoms with Crippen LogP contribution in [0, 0.1) is 13.8 Å². The Morgan fingerprint density at radius 3 is 2.31 bits per heavy atom. The highest BCUT2D eigenvalue weighted by molar-refractivity contribution is 7.85. The predicted octanol–water partition coefficient (Wildman–Crippen LogP) is 5.88. The molecule has 2 heterocycles. The third-order valence-corrected chi connectivity index (χ3v) is 10.4. The molecule has 12 heteroatoms. The zero-order valence-electron chi connectivity index (χ0n) is 25.4. The van der Waals surface area contributed by atoms with Crippen LogP contribution in [0.3, 0.4) is 0 Å². The smallest absolute Gasteiger partial charge is 0.263 e. The highest BCUT2D eigenvalue weighted by Crippen LogP contribution is 2.42. The van der Waals surface area contributed by atoms with Crippen LogP contribution < -0.4 is 14.2 Å². The molecule has 0 spiro atoms. The van der Waals surface area contributed by atoms with E-state index in [0.29, 0.717) is 36.7 Å². The summed E-state index contributed by atoms with van der Waals surface area (Å²) >= 11 is 1.62. The Balaban J connectivity index is 1.53. The normalized spacial score (nSPS) is 14.7. The standard InChI is InChI=1S/C33H36N2O7S3/c1-4-25(21-33-35(14-8-9-16-44(36,37)38)29-18-23(2)24(3)19-31(29)43-33)20-32-34(15-17-45(39,40)41)28-22-27(12-13-30(28)42-32)26-10-6-5-7-11-26/h5-7,10-13,18-22H,4,8-9,14-17H2,1-3H3,(H-,36,37,38,39,40,41)/p-1. The molecule has 238 valence electrons. The summed E-state index contributed by atoms with van der Waals surface area (Å²) in [6.07, 6.45) is 5.34. The van der Waals surface area contributed by atoms with E-state index >= 15 is 0 Å². The first-order valence-electron chi connectivity index (χ1n) is 14.7. The van der Waals surface area contributed by atoms with Crippen molar-refractivity contribution in [2.24, 2.45) is 0 Å². The molecule has 1 aliphatic rings. The molecular weight excluding hydrogens is 633 g/mol. The number of rotatable bonds is 12. The number of benzene rings is 3. The van der Waals surface area contributed by atoms with Gasteiger partial charge >= 0.3 is 0 Å². The number of allylic oxidation sites excluding steroid dienone is 2. The van der Waals surface area contributed by atoms with Gasteiger partial charge in [-0.1, -0.05) is 54.7 Å². The average Bonchev–Trinajstić information content (AvgIpc) is 3.49. The van der Waals surface area contributed by atoms with Gasteiger partial charge in [-0.3, -0.25) is 0 Å². The Bertz CT molecular complexity index is 2000. The van der Waals surface area contributed by atoms with Gasteiger partial charge in [0.15, 0.2) is 12.3 Å². The van der Waals surface area contributed by atoms with E-state index < -0.39 is 31.7 Å². The lowest BCUT2D eigenvalue weighted by atomic mass is 10.0. The maximum Gasteiger partial charge on any atom is 0.263 e. The monoisotopic (exact) mass is 667 g/mol. The lowest BCUT2D eigenvalue weighted by Gasteiger charge is -2.20. The second-order valence-corrected chi connectivity index (χ2v) is 15.2. The van der Waals surface area contributed by atoms with Gasteiger partial charge in [0.1, 0.15) is 4.70 Å². The molecule has 0 unspecified atom stereocenters. The summed E-state index contributed by atoms with van der Waals surface area (Å²) in [5.74, 6) is 0.00861. The molecule has 1 aliphatic heterocycles. The predicted molar refractivity (Wildman–Crippen MR) is 176 cm³/mol. The van der Waals surface area contributed by atoms with E-state index in [1.165, 1.54) is 0 Å². The Labute approximate surface area is 268 Å². The van der Waals surface area contributed by atoms with Crippen molar-refractivity contribution in [1.82, 2.24) is 0 Å². The molecule has 0 atom stereocenters. The second kappa shape index (κ2) is 13.4. The molecule has 0 aliphatic carbocycles. The van der Waals surface area contributed by atoms with E-state index in [9.17, 15) is 25.9 Å². The number of nitrogens with zero attached hydrogens (tertiary/aromatic N) is 2. The molecule has 9 nitrogen and oxygen atoms in total. The highest BCUT2D eigenvalue weighted by Gasteiger charge is 2.28. The minimum atomic E-state index is -4.48. The van der Waals surface area contributed by atoms with Gasteiger partial charge in [0, 0.05) is 36.9 Å². The summed E-state index contributed by atoms with van der Waals surface area (Å²) < 4.78 is 77.9. The summed E-state index contributed by atoms with van der Waals surface area (Å²) in [4.78, 5) is 1.73. The van der Waals surface area contributed by atoms with Gasteiger partial charge in [-0.15, -0.1) is 0 Å². The molecule has 0 fully saturated rings. The second-order valence-electron chi connectivity index (χ2n) is 11.1. The van der Waals surface area contributed by atoms with Crippen LogP contribution in [0.25, 0.3) is 27.4 Å². The molecule has 45 heavy (non-hydrogen) atoms.